The summed E-state index contributed by atoms with van der Waals surface area (Å²) in [5, 5.41) is 2.77. The normalized spacial score (nSPS) is 15.2. The van der Waals surface area contributed by atoms with Gasteiger partial charge in [-0.05, 0) is 63.2 Å². The molecular weight excluding hydrogens is 386 g/mol. The van der Waals surface area contributed by atoms with Gasteiger partial charge in [0.25, 0.3) is 0 Å². The SMILES string of the molecule is c1ccc(-n2c3cccc4c3c3c(cccc32)C2c3ccccc3-c3cccc-4c32)cc1. The van der Waals surface area contributed by atoms with Gasteiger partial charge in [-0.3, -0.25) is 0 Å². The van der Waals surface area contributed by atoms with Crippen LogP contribution in [0.25, 0.3) is 49.7 Å². The number of aromatic nitrogens is 1. The molecule has 32 heavy (non-hydrogen) atoms. The standard InChI is InChI=1S/C31H19N/c1-2-9-19(10-3-1)32-26-17-7-15-24-23-14-6-13-22-20-11-4-5-12-21(20)29(28(22)23)25-16-8-18-27(32)31(25)30(24)26/h1-18,29H. The van der Waals surface area contributed by atoms with Gasteiger partial charge in [0.1, 0.15) is 0 Å². The van der Waals surface area contributed by atoms with Gasteiger partial charge in [-0.15, -0.1) is 0 Å². The molecule has 148 valence electrons. The van der Waals surface area contributed by atoms with Crippen molar-refractivity contribution in [2.75, 3.05) is 0 Å². The van der Waals surface area contributed by atoms with Crippen molar-refractivity contribution in [1.82, 2.24) is 4.57 Å². The van der Waals surface area contributed by atoms with Crippen LogP contribution in [-0.2, 0) is 0 Å². The van der Waals surface area contributed by atoms with Crippen molar-refractivity contribution in [2.24, 2.45) is 0 Å². The van der Waals surface area contributed by atoms with E-state index in [9.17, 15) is 0 Å². The lowest BCUT2D eigenvalue weighted by Crippen LogP contribution is -2.01. The Morgan fingerprint density at radius 3 is 1.91 bits per heavy atom. The molecule has 0 amide bonds. The van der Waals surface area contributed by atoms with Crippen LogP contribution in [0.15, 0.2) is 109 Å². The highest BCUT2D eigenvalue weighted by Crippen LogP contribution is 2.56. The van der Waals surface area contributed by atoms with Crippen molar-refractivity contribution in [3.63, 3.8) is 0 Å². The largest absolute Gasteiger partial charge is 0.309 e. The van der Waals surface area contributed by atoms with E-state index < -0.39 is 0 Å². The summed E-state index contributed by atoms with van der Waals surface area (Å²) >= 11 is 0. The maximum absolute atomic E-state index is 2.44. The Morgan fingerprint density at radius 2 is 1.03 bits per heavy atom. The fourth-order valence-corrected chi connectivity index (χ4v) is 6.27. The summed E-state index contributed by atoms with van der Waals surface area (Å²) in [6.45, 7) is 0. The molecule has 1 unspecified atom stereocenters. The Morgan fingerprint density at radius 1 is 0.438 bits per heavy atom. The van der Waals surface area contributed by atoms with Crippen LogP contribution in [0.5, 0.6) is 0 Å². The van der Waals surface area contributed by atoms with Crippen LogP contribution in [0, 0.1) is 0 Å². The lowest BCUT2D eigenvalue weighted by Gasteiger charge is -2.17. The van der Waals surface area contributed by atoms with E-state index in [0.717, 1.165) is 0 Å². The van der Waals surface area contributed by atoms with Gasteiger partial charge in [-0.2, -0.15) is 0 Å². The molecule has 0 aliphatic heterocycles. The average molecular weight is 406 g/mol. The van der Waals surface area contributed by atoms with E-state index in [1.54, 1.807) is 0 Å². The summed E-state index contributed by atoms with van der Waals surface area (Å²) < 4.78 is 2.44. The van der Waals surface area contributed by atoms with Crippen molar-refractivity contribution in [3.05, 3.63) is 126 Å². The van der Waals surface area contributed by atoms with E-state index >= 15 is 0 Å². The third-order valence-corrected chi connectivity index (χ3v) is 7.42. The molecule has 0 saturated carbocycles. The molecule has 1 atom stereocenters. The number of benzene rings is 5. The monoisotopic (exact) mass is 405 g/mol. The molecule has 1 heterocycles. The predicted octanol–water partition coefficient (Wildman–Crippen LogP) is 7.92. The van der Waals surface area contributed by atoms with Crippen molar-refractivity contribution in [2.45, 2.75) is 5.92 Å². The molecule has 2 aliphatic rings. The first-order valence-electron chi connectivity index (χ1n) is 11.3. The minimum atomic E-state index is 0.267. The first-order valence-corrected chi connectivity index (χ1v) is 11.3. The smallest absolute Gasteiger partial charge is 0.0547 e. The van der Waals surface area contributed by atoms with Gasteiger partial charge in [-0.1, -0.05) is 84.9 Å². The van der Waals surface area contributed by atoms with Gasteiger partial charge in [0.05, 0.1) is 11.0 Å². The molecule has 2 aliphatic carbocycles. The zero-order chi connectivity index (χ0) is 20.8. The van der Waals surface area contributed by atoms with E-state index in [-0.39, 0.29) is 5.92 Å². The van der Waals surface area contributed by atoms with Crippen molar-refractivity contribution < 1.29 is 0 Å². The Kier molecular flexibility index (Phi) is 2.99. The Labute approximate surface area is 186 Å². The molecule has 1 nitrogen and oxygen atoms in total. The zero-order valence-corrected chi connectivity index (χ0v) is 17.4. The highest BCUT2D eigenvalue weighted by molar-refractivity contribution is 6.19. The summed E-state index contributed by atoms with van der Waals surface area (Å²) in [5.74, 6) is 0.267. The van der Waals surface area contributed by atoms with Crippen molar-refractivity contribution in [3.8, 4) is 27.9 Å². The maximum Gasteiger partial charge on any atom is 0.0547 e. The molecule has 0 N–H and O–H groups in total. The first kappa shape index (κ1) is 16.6. The predicted molar refractivity (Wildman–Crippen MR) is 133 cm³/mol. The van der Waals surface area contributed by atoms with Gasteiger partial charge in [-0.25, -0.2) is 0 Å². The summed E-state index contributed by atoms with van der Waals surface area (Å²) in [4.78, 5) is 0. The van der Waals surface area contributed by atoms with Gasteiger partial charge < -0.3 is 4.57 Å². The highest BCUT2D eigenvalue weighted by atomic mass is 15.0. The molecule has 0 spiro atoms. The fraction of sp³-hybridized carbons (Fsp3) is 0.0323. The van der Waals surface area contributed by atoms with Crippen LogP contribution in [0.1, 0.15) is 22.6 Å². The first-order chi connectivity index (χ1) is 15.9. The van der Waals surface area contributed by atoms with Crippen LogP contribution in [0.2, 0.25) is 0 Å². The molecule has 0 bridgehead atoms. The van der Waals surface area contributed by atoms with Gasteiger partial charge in [0.2, 0.25) is 0 Å². The number of hydrogen-bond donors (Lipinski definition) is 0. The number of hydrogen-bond acceptors (Lipinski definition) is 0. The Hall–Kier alpha value is -4.10. The fourth-order valence-electron chi connectivity index (χ4n) is 6.27. The molecule has 1 heteroatoms. The summed E-state index contributed by atoms with van der Waals surface area (Å²) in [5.41, 5.74) is 13.6. The second kappa shape index (κ2) is 5.77. The van der Waals surface area contributed by atoms with Crippen LogP contribution in [0.4, 0.5) is 0 Å². The quantitative estimate of drug-likeness (QED) is 0.261. The van der Waals surface area contributed by atoms with Crippen LogP contribution < -0.4 is 0 Å². The van der Waals surface area contributed by atoms with Crippen molar-refractivity contribution in [1.29, 1.82) is 0 Å². The Bertz CT molecular complexity index is 1720. The van der Waals surface area contributed by atoms with Crippen LogP contribution in [0.3, 0.4) is 0 Å². The summed E-state index contributed by atoms with van der Waals surface area (Å²) in [6, 6.07) is 40.3. The zero-order valence-electron chi connectivity index (χ0n) is 17.4. The minimum absolute atomic E-state index is 0.267. The molecule has 6 aromatic rings. The van der Waals surface area contributed by atoms with E-state index in [1.165, 1.54) is 66.4 Å². The van der Waals surface area contributed by atoms with E-state index in [4.69, 9.17) is 0 Å². The number of nitrogens with zero attached hydrogens (tertiary/aromatic N) is 1. The second-order valence-corrected chi connectivity index (χ2v) is 8.90. The second-order valence-electron chi connectivity index (χ2n) is 8.90. The van der Waals surface area contributed by atoms with Crippen LogP contribution >= 0.6 is 0 Å². The maximum atomic E-state index is 2.44. The lowest BCUT2D eigenvalue weighted by atomic mass is 9.86. The number of rotatable bonds is 1. The lowest BCUT2D eigenvalue weighted by molar-refractivity contribution is 1.03. The molecule has 0 radical (unpaired) electrons. The molecule has 0 saturated heterocycles. The number of fused-ring (bicyclic) bond motifs is 5. The van der Waals surface area contributed by atoms with Crippen molar-refractivity contribution >= 4 is 21.8 Å². The number of para-hydroxylation sites is 1. The van der Waals surface area contributed by atoms with Gasteiger partial charge in [0.15, 0.2) is 0 Å². The van der Waals surface area contributed by atoms with Crippen LogP contribution in [-0.4, -0.2) is 4.57 Å². The Balaban J connectivity index is 1.64. The third-order valence-electron chi connectivity index (χ3n) is 7.42. The third kappa shape index (κ3) is 1.86. The van der Waals surface area contributed by atoms with E-state index in [0.29, 0.717) is 0 Å². The highest BCUT2D eigenvalue weighted by Gasteiger charge is 2.36. The molecule has 5 aromatic carbocycles. The summed E-state index contributed by atoms with van der Waals surface area (Å²) in [7, 11) is 0. The molecular formula is C31H19N. The topological polar surface area (TPSA) is 4.93 Å². The minimum Gasteiger partial charge on any atom is -0.309 e. The van der Waals surface area contributed by atoms with E-state index in [1.807, 2.05) is 0 Å². The van der Waals surface area contributed by atoms with E-state index in [2.05, 4.69) is 114 Å². The van der Waals surface area contributed by atoms with Gasteiger partial charge in [0, 0.05) is 22.4 Å². The van der Waals surface area contributed by atoms with Gasteiger partial charge >= 0.3 is 0 Å². The molecule has 1 aromatic heterocycles. The molecule has 0 fully saturated rings. The molecule has 8 rings (SSSR count). The summed E-state index contributed by atoms with van der Waals surface area (Å²) in [6.07, 6.45) is 0. The average Bonchev–Trinajstić information content (AvgIpc) is 3.33.